The second-order valence-corrected chi connectivity index (χ2v) is 5.86. The lowest BCUT2D eigenvalue weighted by Crippen LogP contribution is -2.42. The average Bonchev–Trinajstić information content (AvgIpc) is 3.30. The molecule has 6 heteroatoms. The van der Waals surface area contributed by atoms with Crippen LogP contribution in [0.2, 0.25) is 0 Å². The monoisotopic (exact) mass is 327 g/mol. The highest BCUT2D eigenvalue weighted by atomic mass is 16.3. The number of carbonyl (C=O) groups is 2. The molecule has 1 unspecified atom stereocenters. The molecule has 1 aliphatic rings. The van der Waals surface area contributed by atoms with Gasteiger partial charge in [-0.3, -0.25) is 4.79 Å². The van der Waals surface area contributed by atoms with Crippen molar-refractivity contribution in [3.63, 3.8) is 0 Å². The van der Waals surface area contributed by atoms with E-state index in [9.17, 15) is 9.59 Å². The minimum atomic E-state index is -0.289. The fourth-order valence-corrected chi connectivity index (χ4v) is 2.60. The molecule has 3 amide bonds. The fraction of sp³-hybridized carbons (Fsp3) is 0.333. The van der Waals surface area contributed by atoms with Crippen LogP contribution < -0.4 is 16.0 Å². The van der Waals surface area contributed by atoms with Gasteiger partial charge in [-0.2, -0.15) is 0 Å². The summed E-state index contributed by atoms with van der Waals surface area (Å²) in [6.07, 6.45) is 3.72. The van der Waals surface area contributed by atoms with E-state index in [-0.39, 0.29) is 23.7 Å². The Balaban J connectivity index is 1.41. The first kappa shape index (κ1) is 16.1. The fourth-order valence-electron chi connectivity index (χ4n) is 2.60. The van der Waals surface area contributed by atoms with Gasteiger partial charge in [0.1, 0.15) is 0 Å². The van der Waals surface area contributed by atoms with Gasteiger partial charge in [0.05, 0.1) is 12.3 Å². The number of hydrogen-bond acceptors (Lipinski definition) is 3. The van der Waals surface area contributed by atoms with Crippen molar-refractivity contribution < 1.29 is 14.0 Å². The minimum Gasteiger partial charge on any atom is -0.459 e. The van der Waals surface area contributed by atoms with Crippen LogP contribution in [-0.2, 0) is 0 Å². The number of urea groups is 1. The van der Waals surface area contributed by atoms with Gasteiger partial charge in [0.15, 0.2) is 5.76 Å². The number of benzene rings is 1. The first-order valence-electron chi connectivity index (χ1n) is 8.15. The highest BCUT2D eigenvalue weighted by molar-refractivity contribution is 5.91. The minimum absolute atomic E-state index is 0.0453. The van der Waals surface area contributed by atoms with Gasteiger partial charge >= 0.3 is 6.03 Å². The maximum Gasteiger partial charge on any atom is 0.315 e. The van der Waals surface area contributed by atoms with Crippen molar-refractivity contribution in [3.8, 4) is 0 Å². The summed E-state index contributed by atoms with van der Waals surface area (Å²) in [5.41, 5.74) is 1.13. The predicted octanol–water partition coefficient (Wildman–Crippen LogP) is 2.46. The largest absolute Gasteiger partial charge is 0.459 e. The molecule has 0 aliphatic heterocycles. The third-order valence-electron chi connectivity index (χ3n) is 3.98. The first-order valence-corrected chi connectivity index (χ1v) is 8.15. The zero-order chi connectivity index (χ0) is 16.8. The summed E-state index contributed by atoms with van der Waals surface area (Å²) >= 11 is 0. The van der Waals surface area contributed by atoms with E-state index >= 15 is 0 Å². The van der Waals surface area contributed by atoms with Crippen molar-refractivity contribution in [2.45, 2.75) is 18.9 Å². The zero-order valence-electron chi connectivity index (χ0n) is 13.3. The van der Waals surface area contributed by atoms with Crippen LogP contribution in [0.5, 0.6) is 0 Å². The van der Waals surface area contributed by atoms with Crippen LogP contribution in [0.1, 0.15) is 35.0 Å². The second-order valence-electron chi connectivity index (χ2n) is 5.86. The summed E-state index contributed by atoms with van der Waals surface area (Å²) in [7, 11) is 0. The van der Waals surface area contributed by atoms with E-state index < -0.39 is 0 Å². The van der Waals surface area contributed by atoms with E-state index in [4.69, 9.17) is 4.42 Å². The second kappa shape index (κ2) is 7.68. The highest BCUT2D eigenvalue weighted by Crippen LogP contribution is 2.40. The molecule has 3 rings (SSSR count). The van der Waals surface area contributed by atoms with Gasteiger partial charge < -0.3 is 20.4 Å². The summed E-state index contributed by atoms with van der Waals surface area (Å²) in [4.78, 5) is 23.8. The Bertz CT molecular complexity index is 666. The van der Waals surface area contributed by atoms with Gasteiger partial charge in [0.25, 0.3) is 5.91 Å². The normalized spacial score (nSPS) is 14.7. The molecule has 0 saturated heterocycles. The molecule has 0 radical (unpaired) electrons. The third kappa shape index (κ3) is 4.38. The maximum atomic E-state index is 12.1. The average molecular weight is 327 g/mol. The van der Waals surface area contributed by atoms with Crippen molar-refractivity contribution in [2.75, 3.05) is 13.1 Å². The van der Waals surface area contributed by atoms with Crippen LogP contribution >= 0.6 is 0 Å². The van der Waals surface area contributed by atoms with Gasteiger partial charge in [0, 0.05) is 13.1 Å². The molecule has 1 atom stereocenters. The van der Waals surface area contributed by atoms with Crippen molar-refractivity contribution >= 4 is 11.9 Å². The Labute approximate surface area is 140 Å². The molecule has 1 aromatic carbocycles. The van der Waals surface area contributed by atoms with Crippen LogP contribution in [0.3, 0.4) is 0 Å². The third-order valence-corrected chi connectivity index (χ3v) is 3.98. The van der Waals surface area contributed by atoms with E-state index in [0.717, 1.165) is 18.4 Å². The topological polar surface area (TPSA) is 83.4 Å². The van der Waals surface area contributed by atoms with E-state index in [0.29, 0.717) is 19.0 Å². The summed E-state index contributed by atoms with van der Waals surface area (Å²) < 4.78 is 5.00. The Morgan fingerprint density at radius 2 is 1.79 bits per heavy atom. The van der Waals surface area contributed by atoms with Gasteiger partial charge in [-0.1, -0.05) is 30.3 Å². The molecule has 1 heterocycles. The molecule has 126 valence electrons. The molecule has 1 fully saturated rings. The smallest absolute Gasteiger partial charge is 0.315 e. The molecule has 3 N–H and O–H groups in total. The number of rotatable bonds is 7. The molecule has 6 nitrogen and oxygen atoms in total. The summed E-state index contributed by atoms with van der Waals surface area (Å²) in [6.45, 7) is 0.691. The van der Waals surface area contributed by atoms with Crippen molar-refractivity contribution in [2.24, 2.45) is 5.92 Å². The lowest BCUT2D eigenvalue weighted by Gasteiger charge is -2.19. The number of hydrogen-bond donors (Lipinski definition) is 3. The molecule has 0 bridgehead atoms. The Kier molecular flexibility index (Phi) is 5.15. The molecule has 2 aromatic rings. The van der Waals surface area contributed by atoms with Gasteiger partial charge in [0.2, 0.25) is 0 Å². The first-order chi connectivity index (χ1) is 11.7. The maximum absolute atomic E-state index is 12.1. The van der Waals surface area contributed by atoms with E-state index in [2.05, 4.69) is 16.0 Å². The Morgan fingerprint density at radius 1 is 1.04 bits per heavy atom. The number of amides is 3. The molecule has 1 saturated carbocycles. The molecule has 24 heavy (non-hydrogen) atoms. The quantitative estimate of drug-likeness (QED) is 0.683. The van der Waals surface area contributed by atoms with Gasteiger partial charge in [-0.05, 0) is 36.5 Å². The molecular formula is C18H21N3O3. The summed E-state index contributed by atoms with van der Waals surface area (Å²) in [6, 6.07) is 13.1. The van der Waals surface area contributed by atoms with Crippen LogP contribution in [0, 0.1) is 5.92 Å². The standard InChI is InChI=1S/C18H21N3O3/c22-17(15-7-4-12-24-15)19-10-11-20-18(23)21-16(14-8-9-14)13-5-2-1-3-6-13/h1-7,12,14,16H,8-11H2,(H,19,22)(H2,20,21,23). The van der Waals surface area contributed by atoms with Crippen molar-refractivity contribution in [1.82, 2.24) is 16.0 Å². The Hall–Kier alpha value is -2.76. The van der Waals surface area contributed by atoms with Crippen LogP contribution in [0.25, 0.3) is 0 Å². The van der Waals surface area contributed by atoms with Crippen LogP contribution in [0.15, 0.2) is 53.1 Å². The van der Waals surface area contributed by atoms with Crippen LogP contribution in [0.4, 0.5) is 4.79 Å². The predicted molar refractivity (Wildman–Crippen MR) is 89.5 cm³/mol. The highest BCUT2D eigenvalue weighted by Gasteiger charge is 2.33. The van der Waals surface area contributed by atoms with E-state index in [1.807, 2.05) is 30.3 Å². The van der Waals surface area contributed by atoms with Gasteiger partial charge in [-0.25, -0.2) is 4.79 Å². The summed E-state index contributed by atoms with van der Waals surface area (Å²) in [5.74, 6) is 0.483. The molecule has 0 spiro atoms. The van der Waals surface area contributed by atoms with E-state index in [1.54, 1.807) is 12.1 Å². The van der Waals surface area contributed by atoms with Gasteiger partial charge in [-0.15, -0.1) is 0 Å². The zero-order valence-corrected chi connectivity index (χ0v) is 13.3. The van der Waals surface area contributed by atoms with E-state index in [1.165, 1.54) is 6.26 Å². The SMILES string of the molecule is O=C(NCCNC(=O)c1ccco1)NC(c1ccccc1)C1CC1. The summed E-state index contributed by atoms with van der Waals surface area (Å²) in [5, 5.41) is 8.49. The molecular weight excluding hydrogens is 306 g/mol. The number of carbonyl (C=O) groups excluding carboxylic acids is 2. The lowest BCUT2D eigenvalue weighted by atomic mass is 10.0. The van der Waals surface area contributed by atoms with Crippen molar-refractivity contribution in [3.05, 3.63) is 60.1 Å². The molecule has 1 aliphatic carbocycles. The Morgan fingerprint density at radius 3 is 2.46 bits per heavy atom. The van der Waals surface area contributed by atoms with Crippen LogP contribution in [-0.4, -0.2) is 25.0 Å². The number of furan rings is 1. The number of nitrogens with one attached hydrogen (secondary N) is 3. The lowest BCUT2D eigenvalue weighted by molar-refractivity contribution is 0.0926. The molecule has 1 aromatic heterocycles. The van der Waals surface area contributed by atoms with Crippen molar-refractivity contribution in [1.29, 1.82) is 0 Å².